The molecule has 0 aliphatic heterocycles. The normalized spacial score (nSPS) is 10.2. The Kier molecular flexibility index (Phi) is 2.49. The van der Waals surface area contributed by atoms with E-state index in [0.717, 1.165) is 6.54 Å². The molecule has 0 amide bonds. The highest BCUT2D eigenvalue weighted by Crippen LogP contribution is 2.11. The van der Waals surface area contributed by atoms with E-state index in [1.165, 1.54) is 0 Å². The summed E-state index contributed by atoms with van der Waals surface area (Å²) in [6.07, 6.45) is 1.70. The molecule has 2 heterocycles. The Bertz CT molecular complexity index is 435. The van der Waals surface area contributed by atoms with Crippen LogP contribution in [0, 0.1) is 0 Å². The molecule has 0 aliphatic carbocycles. The number of rotatable bonds is 3. The monoisotopic (exact) mass is 204 g/mol. The summed E-state index contributed by atoms with van der Waals surface area (Å²) in [6, 6.07) is 5.57. The van der Waals surface area contributed by atoms with Gasteiger partial charge in [-0.05, 0) is 19.1 Å². The Labute approximate surface area is 87.2 Å². The number of nitrogen functional groups attached to an aromatic ring is 1. The molecule has 0 aromatic carbocycles. The Morgan fingerprint density at radius 2 is 2.33 bits per heavy atom. The first-order valence-corrected chi connectivity index (χ1v) is 4.69. The lowest BCUT2D eigenvalue weighted by Gasteiger charge is -2.04. The van der Waals surface area contributed by atoms with E-state index < -0.39 is 0 Å². The maximum Gasteiger partial charge on any atom is 0.241 e. The summed E-state index contributed by atoms with van der Waals surface area (Å²) in [5.41, 5.74) is 5.54. The van der Waals surface area contributed by atoms with Crippen molar-refractivity contribution in [2.45, 2.75) is 6.92 Å². The van der Waals surface area contributed by atoms with Crippen molar-refractivity contribution < 1.29 is 0 Å². The second kappa shape index (κ2) is 3.95. The van der Waals surface area contributed by atoms with E-state index in [4.69, 9.17) is 5.73 Å². The van der Waals surface area contributed by atoms with Crippen molar-refractivity contribution >= 4 is 11.9 Å². The van der Waals surface area contributed by atoms with Gasteiger partial charge >= 0.3 is 0 Å². The largest absolute Gasteiger partial charge is 0.366 e. The SMILES string of the molecule is CCNc1nc(N)nn1-c1ccccn1. The Balaban J connectivity index is 2.43. The van der Waals surface area contributed by atoms with E-state index in [9.17, 15) is 0 Å². The molecule has 0 spiro atoms. The van der Waals surface area contributed by atoms with Crippen molar-refractivity contribution in [3.63, 3.8) is 0 Å². The van der Waals surface area contributed by atoms with Crippen LogP contribution >= 0.6 is 0 Å². The van der Waals surface area contributed by atoms with Crippen molar-refractivity contribution in [3.05, 3.63) is 24.4 Å². The molecule has 0 bridgehead atoms. The second-order valence-corrected chi connectivity index (χ2v) is 2.92. The lowest BCUT2D eigenvalue weighted by Crippen LogP contribution is -2.07. The fourth-order valence-corrected chi connectivity index (χ4v) is 1.24. The molecule has 15 heavy (non-hydrogen) atoms. The van der Waals surface area contributed by atoms with Crippen LogP contribution in [0.5, 0.6) is 0 Å². The lowest BCUT2D eigenvalue weighted by atomic mass is 10.5. The van der Waals surface area contributed by atoms with E-state index in [2.05, 4.69) is 20.4 Å². The number of nitrogens with zero attached hydrogens (tertiary/aromatic N) is 4. The minimum Gasteiger partial charge on any atom is -0.366 e. The van der Waals surface area contributed by atoms with E-state index in [1.807, 2.05) is 25.1 Å². The van der Waals surface area contributed by atoms with Crippen LogP contribution in [-0.2, 0) is 0 Å². The van der Waals surface area contributed by atoms with Gasteiger partial charge in [-0.3, -0.25) is 0 Å². The van der Waals surface area contributed by atoms with Gasteiger partial charge in [0.05, 0.1) is 0 Å². The van der Waals surface area contributed by atoms with Crippen LogP contribution in [0.3, 0.4) is 0 Å². The van der Waals surface area contributed by atoms with Crippen LogP contribution in [-0.4, -0.2) is 26.3 Å². The number of hydrogen-bond donors (Lipinski definition) is 2. The van der Waals surface area contributed by atoms with E-state index in [-0.39, 0.29) is 5.95 Å². The van der Waals surface area contributed by atoms with Crippen LogP contribution in [0.2, 0.25) is 0 Å². The fraction of sp³-hybridized carbons (Fsp3) is 0.222. The predicted octanol–water partition coefficient (Wildman–Crippen LogP) is 0.676. The summed E-state index contributed by atoms with van der Waals surface area (Å²) < 4.78 is 1.58. The average Bonchev–Trinajstić information content (AvgIpc) is 2.62. The molecule has 2 aromatic rings. The summed E-state index contributed by atoms with van der Waals surface area (Å²) in [5.74, 6) is 1.53. The number of nitrogens with two attached hydrogens (primary N) is 1. The summed E-state index contributed by atoms with van der Waals surface area (Å²) in [7, 11) is 0. The van der Waals surface area contributed by atoms with Crippen molar-refractivity contribution in [3.8, 4) is 5.82 Å². The highest BCUT2D eigenvalue weighted by Gasteiger charge is 2.08. The first kappa shape index (κ1) is 9.45. The minimum atomic E-state index is 0.233. The van der Waals surface area contributed by atoms with Crippen molar-refractivity contribution in [2.75, 3.05) is 17.6 Å². The minimum absolute atomic E-state index is 0.233. The molecule has 0 atom stereocenters. The predicted molar refractivity (Wildman–Crippen MR) is 57.7 cm³/mol. The molecule has 0 unspecified atom stereocenters. The van der Waals surface area contributed by atoms with Gasteiger partial charge < -0.3 is 11.1 Å². The molecule has 0 radical (unpaired) electrons. The maximum atomic E-state index is 5.54. The van der Waals surface area contributed by atoms with Gasteiger partial charge in [-0.15, -0.1) is 5.10 Å². The molecule has 6 nitrogen and oxygen atoms in total. The quantitative estimate of drug-likeness (QED) is 0.768. The Morgan fingerprint density at radius 3 is 3.00 bits per heavy atom. The summed E-state index contributed by atoms with van der Waals surface area (Å²) in [4.78, 5) is 8.23. The molecule has 0 saturated heterocycles. The summed E-state index contributed by atoms with van der Waals surface area (Å²) in [5, 5.41) is 7.12. The smallest absolute Gasteiger partial charge is 0.241 e. The molecular formula is C9H12N6. The molecule has 3 N–H and O–H groups in total. The Hall–Kier alpha value is -2.11. The van der Waals surface area contributed by atoms with Crippen LogP contribution in [0.25, 0.3) is 5.82 Å². The Morgan fingerprint density at radius 1 is 1.47 bits per heavy atom. The van der Waals surface area contributed by atoms with Gasteiger partial charge in [-0.1, -0.05) is 6.07 Å². The molecule has 0 saturated carbocycles. The third kappa shape index (κ3) is 1.88. The molecule has 2 aromatic heterocycles. The summed E-state index contributed by atoms with van der Waals surface area (Å²) in [6.45, 7) is 2.73. The van der Waals surface area contributed by atoms with Gasteiger partial charge in [-0.25, -0.2) is 4.98 Å². The third-order valence-corrected chi connectivity index (χ3v) is 1.82. The highest BCUT2D eigenvalue weighted by molar-refractivity contribution is 5.39. The number of hydrogen-bond acceptors (Lipinski definition) is 5. The van der Waals surface area contributed by atoms with E-state index >= 15 is 0 Å². The highest BCUT2D eigenvalue weighted by atomic mass is 15.4. The van der Waals surface area contributed by atoms with Gasteiger partial charge in [0.25, 0.3) is 0 Å². The maximum absolute atomic E-state index is 5.54. The van der Waals surface area contributed by atoms with Crippen molar-refractivity contribution in [2.24, 2.45) is 0 Å². The zero-order chi connectivity index (χ0) is 10.7. The summed E-state index contributed by atoms with van der Waals surface area (Å²) >= 11 is 0. The topological polar surface area (TPSA) is 81.6 Å². The number of nitrogens with one attached hydrogen (secondary N) is 1. The zero-order valence-electron chi connectivity index (χ0n) is 8.38. The second-order valence-electron chi connectivity index (χ2n) is 2.92. The van der Waals surface area contributed by atoms with Crippen LogP contribution in [0.1, 0.15) is 6.92 Å². The molecule has 0 fully saturated rings. The molecule has 0 aliphatic rings. The number of aromatic nitrogens is 4. The fourth-order valence-electron chi connectivity index (χ4n) is 1.24. The average molecular weight is 204 g/mol. The van der Waals surface area contributed by atoms with Crippen molar-refractivity contribution in [1.29, 1.82) is 0 Å². The van der Waals surface area contributed by atoms with Crippen molar-refractivity contribution in [1.82, 2.24) is 19.7 Å². The van der Waals surface area contributed by atoms with E-state index in [0.29, 0.717) is 11.8 Å². The molecule has 2 rings (SSSR count). The number of anilines is 2. The van der Waals surface area contributed by atoms with Gasteiger partial charge in [0.15, 0.2) is 5.82 Å². The third-order valence-electron chi connectivity index (χ3n) is 1.82. The molecule has 78 valence electrons. The van der Waals surface area contributed by atoms with Gasteiger partial charge in [0.1, 0.15) is 0 Å². The van der Waals surface area contributed by atoms with Gasteiger partial charge in [0.2, 0.25) is 11.9 Å². The molecule has 6 heteroatoms. The molecular weight excluding hydrogens is 192 g/mol. The van der Waals surface area contributed by atoms with E-state index in [1.54, 1.807) is 10.9 Å². The zero-order valence-corrected chi connectivity index (χ0v) is 8.38. The first-order chi connectivity index (χ1) is 7.31. The van der Waals surface area contributed by atoms with Crippen LogP contribution in [0.15, 0.2) is 24.4 Å². The number of pyridine rings is 1. The van der Waals surface area contributed by atoms with Crippen LogP contribution in [0.4, 0.5) is 11.9 Å². The standard InChI is InChI=1S/C9H12N6/c1-2-11-9-13-8(10)14-15(9)7-5-3-4-6-12-7/h3-6H,2H2,1H3,(H3,10,11,13,14). The van der Waals surface area contributed by atoms with Gasteiger partial charge in [0, 0.05) is 12.7 Å². The lowest BCUT2D eigenvalue weighted by molar-refractivity contribution is 0.849. The van der Waals surface area contributed by atoms with Gasteiger partial charge in [-0.2, -0.15) is 9.67 Å². The first-order valence-electron chi connectivity index (χ1n) is 4.69. The van der Waals surface area contributed by atoms with Crippen LogP contribution < -0.4 is 11.1 Å².